The van der Waals surface area contributed by atoms with E-state index >= 15 is 0 Å². The van der Waals surface area contributed by atoms with Crippen molar-refractivity contribution in [3.8, 4) is 5.75 Å². The lowest BCUT2D eigenvalue weighted by Gasteiger charge is -2.14. The van der Waals surface area contributed by atoms with Gasteiger partial charge in [0, 0.05) is 29.6 Å². The molecule has 0 amide bonds. The van der Waals surface area contributed by atoms with Crippen molar-refractivity contribution in [3.05, 3.63) is 64.7 Å². The molecule has 21 heavy (non-hydrogen) atoms. The van der Waals surface area contributed by atoms with Gasteiger partial charge in [-0.1, -0.05) is 55.8 Å². The number of hydrogen-bond acceptors (Lipinski definition) is 2. The molecular weight excluding hydrogens is 282 g/mol. The first-order valence-electron chi connectivity index (χ1n) is 7.33. The van der Waals surface area contributed by atoms with Crippen molar-refractivity contribution < 1.29 is 4.74 Å². The molecule has 112 valence electrons. The molecule has 0 aliphatic rings. The number of halogens is 1. The summed E-state index contributed by atoms with van der Waals surface area (Å²) < 4.78 is 5.93. The van der Waals surface area contributed by atoms with Crippen LogP contribution in [-0.4, -0.2) is 12.6 Å². The molecule has 0 radical (unpaired) electrons. The second-order valence-electron chi connectivity index (χ2n) is 5.37. The van der Waals surface area contributed by atoms with E-state index in [2.05, 4.69) is 43.4 Å². The lowest BCUT2D eigenvalue weighted by Crippen LogP contribution is -2.22. The Morgan fingerprint density at radius 3 is 2.57 bits per heavy atom. The minimum absolute atomic E-state index is 0.432. The van der Waals surface area contributed by atoms with Gasteiger partial charge in [-0.05, 0) is 23.8 Å². The number of nitrogens with one attached hydrogen (secondary N) is 1. The van der Waals surface area contributed by atoms with E-state index in [1.54, 1.807) is 0 Å². The van der Waals surface area contributed by atoms with Crippen molar-refractivity contribution in [2.45, 2.75) is 32.9 Å². The summed E-state index contributed by atoms with van der Waals surface area (Å²) in [5, 5.41) is 4.14. The van der Waals surface area contributed by atoms with Crippen LogP contribution in [0.3, 0.4) is 0 Å². The lowest BCUT2D eigenvalue weighted by molar-refractivity contribution is 0.317. The van der Waals surface area contributed by atoms with Crippen LogP contribution in [0.25, 0.3) is 0 Å². The maximum atomic E-state index is 6.08. The molecule has 0 heterocycles. The van der Waals surface area contributed by atoms with E-state index in [0.717, 1.165) is 29.3 Å². The Kier molecular flexibility index (Phi) is 6.09. The van der Waals surface area contributed by atoms with Crippen LogP contribution in [0.4, 0.5) is 0 Å². The molecule has 0 bridgehead atoms. The average molecular weight is 304 g/mol. The molecule has 3 heteroatoms. The van der Waals surface area contributed by atoms with E-state index in [0.29, 0.717) is 12.6 Å². The minimum atomic E-state index is 0.432. The van der Waals surface area contributed by atoms with Gasteiger partial charge in [0.05, 0.1) is 6.61 Å². The SMILES string of the molecule is CC(C)NCc1cc(Cl)ccc1OCCc1ccccc1. The largest absolute Gasteiger partial charge is 0.493 e. The van der Waals surface area contributed by atoms with Crippen molar-refractivity contribution in [1.29, 1.82) is 0 Å². The number of benzene rings is 2. The van der Waals surface area contributed by atoms with E-state index in [1.165, 1.54) is 5.56 Å². The Bertz CT molecular complexity index is 554. The highest BCUT2D eigenvalue weighted by molar-refractivity contribution is 6.30. The summed E-state index contributed by atoms with van der Waals surface area (Å²) >= 11 is 6.08. The van der Waals surface area contributed by atoms with Gasteiger partial charge in [0.1, 0.15) is 5.75 Å². The Morgan fingerprint density at radius 1 is 1.10 bits per heavy atom. The third kappa shape index (κ3) is 5.41. The second-order valence-corrected chi connectivity index (χ2v) is 5.81. The van der Waals surface area contributed by atoms with Gasteiger partial charge in [-0.3, -0.25) is 0 Å². The van der Waals surface area contributed by atoms with Gasteiger partial charge in [0.15, 0.2) is 0 Å². The zero-order valence-corrected chi connectivity index (χ0v) is 13.4. The summed E-state index contributed by atoms with van der Waals surface area (Å²) in [6.07, 6.45) is 0.903. The lowest BCUT2D eigenvalue weighted by atomic mass is 10.1. The average Bonchev–Trinajstić information content (AvgIpc) is 2.48. The van der Waals surface area contributed by atoms with Gasteiger partial charge >= 0.3 is 0 Å². The molecule has 0 saturated carbocycles. The first-order chi connectivity index (χ1) is 10.1. The maximum Gasteiger partial charge on any atom is 0.123 e. The predicted molar refractivity (Wildman–Crippen MR) is 89.1 cm³/mol. The van der Waals surface area contributed by atoms with Gasteiger partial charge in [0.25, 0.3) is 0 Å². The fourth-order valence-electron chi connectivity index (χ4n) is 2.06. The van der Waals surface area contributed by atoms with E-state index in [9.17, 15) is 0 Å². The molecule has 0 atom stereocenters. The molecular formula is C18H22ClNO. The Hall–Kier alpha value is -1.51. The molecule has 0 saturated heterocycles. The smallest absolute Gasteiger partial charge is 0.123 e. The second kappa shape index (κ2) is 8.06. The molecule has 2 aromatic carbocycles. The fourth-order valence-corrected chi connectivity index (χ4v) is 2.26. The first kappa shape index (κ1) is 15.9. The molecule has 1 N–H and O–H groups in total. The monoisotopic (exact) mass is 303 g/mol. The van der Waals surface area contributed by atoms with Crippen LogP contribution < -0.4 is 10.1 Å². The van der Waals surface area contributed by atoms with Crippen LogP contribution in [0.15, 0.2) is 48.5 Å². The third-order valence-electron chi connectivity index (χ3n) is 3.21. The van der Waals surface area contributed by atoms with Gasteiger partial charge in [-0.15, -0.1) is 0 Å². The summed E-state index contributed by atoms with van der Waals surface area (Å²) in [4.78, 5) is 0. The van der Waals surface area contributed by atoms with Crippen LogP contribution in [0, 0.1) is 0 Å². The van der Waals surface area contributed by atoms with Crippen LogP contribution >= 0.6 is 11.6 Å². The zero-order chi connectivity index (χ0) is 15.1. The normalized spacial score (nSPS) is 10.9. The van der Waals surface area contributed by atoms with E-state index in [4.69, 9.17) is 16.3 Å². The topological polar surface area (TPSA) is 21.3 Å². The van der Waals surface area contributed by atoms with Gasteiger partial charge in [-0.2, -0.15) is 0 Å². The molecule has 0 aliphatic carbocycles. The Morgan fingerprint density at radius 2 is 1.86 bits per heavy atom. The number of rotatable bonds is 7. The van der Waals surface area contributed by atoms with Crippen molar-refractivity contribution >= 4 is 11.6 Å². The van der Waals surface area contributed by atoms with E-state index in [1.807, 2.05) is 24.3 Å². The van der Waals surface area contributed by atoms with Crippen LogP contribution in [0.5, 0.6) is 5.75 Å². The zero-order valence-electron chi connectivity index (χ0n) is 12.6. The van der Waals surface area contributed by atoms with Crippen molar-refractivity contribution in [2.24, 2.45) is 0 Å². The summed E-state index contributed by atoms with van der Waals surface area (Å²) in [6, 6.07) is 16.6. The maximum absolute atomic E-state index is 6.08. The summed E-state index contributed by atoms with van der Waals surface area (Å²) in [5.74, 6) is 0.906. The molecule has 0 spiro atoms. The van der Waals surface area contributed by atoms with Crippen molar-refractivity contribution in [1.82, 2.24) is 5.32 Å². The molecule has 2 aromatic rings. The molecule has 0 aromatic heterocycles. The summed E-state index contributed by atoms with van der Waals surface area (Å²) in [6.45, 7) is 5.68. The standard InChI is InChI=1S/C18H22ClNO/c1-14(2)20-13-16-12-17(19)8-9-18(16)21-11-10-15-6-4-3-5-7-15/h3-9,12,14,20H,10-11,13H2,1-2H3. The van der Waals surface area contributed by atoms with Crippen LogP contribution in [0.2, 0.25) is 5.02 Å². The molecule has 2 nitrogen and oxygen atoms in total. The molecule has 0 aliphatic heterocycles. The summed E-state index contributed by atoms with van der Waals surface area (Å²) in [5.41, 5.74) is 2.39. The summed E-state index contributed by atoms with van der Waals surface area (Å²) in [7, 11) is 0. The van der Waals surface area contributed by atoms with Gasteiger partial charge < -0.3 is 10.1 Å². The quantitative estimate of drug-likeness (QED) is 0.815. The molecule has 0 fully saturated rings. The highest BCUT2D eigenvalue weighted by atomic mass is 35.5. The van der Waals surface area contributed by atoms with Crippen LogP contribution in [-0.2, 0) is 13.0 Å². The minimum Gasteiger partial charge on any atom is -0.493 e. The highest BCUT2D eigenvalue weighted by Gasteiger charge is 2.06. The highest BCUT2D eigenvalue weighted by Crippen LogP contribution is 2.23. The van der Waals surface area contributed by atoms with Gasteiger partial charge in [0.2, 0.25) is 0 Å². The fraction of sp³-hybridized carbons (Fsp3) is 0.333. The molecule has 2 rings (SSSR count). The third-order valence-corrected chi connectivity index (χ3v) is 3.45. The molecule has 0 unspecified atom stereocenters. The number of hydrogen-bond donors (Lipinski definition) is 1. The number of ether oxygens (including phenoxy) is 1. The van der Waals surface area contributed by atoms with Gasteiger partial charge in [-0.25, -0.2) is 0 Å². The Labute approximate surface area is 132 Å². The van der Waals surface area contributed by atoms with Crippen molar-refractivity contribution in [2.75, 3.05) is 6.61 Å². The van der Waals surface area contributed by atoms with E-state index < -0.39 is 0 Å². The van der Waals surface area contributed by atoms with E-state index in [-0.39, 0.29) is 0 Å². The van der Waals surface area contributed by atoms with Crippen molar-refractivity contribution in [3.63, 3.8) is 0 Å². The predicted octanol–water partition coefficient (Wildman–Crippen LogP) is 4.46. The Balaban J connectivity index is 1.95. The first-order valence-corrected chi connectivity index (χ1v) is 7.71. The van der Waals surface area contributed by atoms with Crippen LogP contribution in [0.1, 0.15) is 25.0 Å².